The highest BCUT2D eigenvalue weighted by Gasteiger charge is 2.32. The van der Waals surface area contributed by atoms with Gasteiger partial charge < -0.3 is 15.0 Å². The predicted molar refractivity (Wildman–Crippen MR) is 78.7 cm³/mol. The van der Waals surface area contributed by atoms with E-state index < -0.39 is 0 Å². The van der Waals surface area contributed by atoms with Crippen LogP contribution in [0.25, 0.3) is 0 Å². The van der Waals surface area contributed by atoms with Crippen molar-refractivity contribution in [1.82, 2.24) is 10.1 Å². The lowest BCUT2D eigenvalue weighted by Crippen LogP contribution is -2.38. The van der Waals surface area contributed by atoms with Crippen LogP contribution in [0.1, 0.15) is 49.1 Å². The maximum absolute atomic E-state index is 6.36. The van der Waals surface area contributed by atoms with Gasteiger partial charge in [-0.05, 0) is 18.4 Å². The number of nitrogens with zero attached hydrogens (tertiary/aromatic N) is 2. The maximum atomic E-state index is 6.36. The zero-order valence-corrected chi connectivity index (χ0v) is 12.3. The molecule has 0 radical (unpaired) electrons. The minimum atomic E-state index is -0.305. The molecule has 3 rings (SSSR count). The standard InChI is InChI=1S/C16H21N3O2/c1-20-14(12-7-3-2-4-8-12)15-18-13(21-19-15)11-16(17)9-5-6-10-16/h2-4,7-8,14H,5-6,9-11,17H2,1H3. The SMILES string of the molecule is COC(c1ccccc1)c1noc(CC2(N)CCCC2)n1. The normalized spacial score (nSPS) is 18.8. The first-order valence-corrected chi connectivity index (χ1v) is 7.39. The Morgan fingerprint density at radius 1 is 1.29 bits per heavy atom. The number of rotatable bonds is 5. The second-order valence-electron chi connectivity index (χ2n) is 5.82. The summed E-state index contributed by atoms with van der Waals surface area (Å²) in [7, 11) is 1.65. The summed E-state index contributed by atoms with van der Waals surface area (Å²) in [5.74, 6) is 1.16. The highest BCUT2D eigenvalue weighted by atomic mass is 16.5. The van der Waals surface area contributed by atoms with Crippen molar-refractivity contribution in [2.24, 2.45) is 5.73 Å². The fourth-order valence-electron chi connectivity index (χ4n) is 3.02. The summed E-state index contributed by atoms with van der Waals surface area (Å²) in [6, 6.07) is 9.89. The molecule has 1 aliphatic rings. The van der Waals surface area contributed by atoms with E-state index >= 15 is 0 Å². The van der Waals surface area contributed by atoms with Crippen molar-refractivity contribution < 1.29 is 9.26 Å². The highest BCUT2D eigenvalue weighted by molar-refractivity contribution is 5.22. The molecule has 2 N–H and O–H groups in total. The number of hydrogen-bond donors (Lipinski definition) is 1. The monoisotopic (exact) mass is 287 g/mol. The van der Waals surface area contributed by atoms with Crippen molar-refractivity contribution in [1.29, 1.82) is 0 Å². The first kappa shape index (κ1) is 14.2. The smallest absolute Gasteiger partial charge is 0.228 e. The fraction of sp³-hybridized carbons (Fsp3) is 0.500. The van der Waals surface area contributed by atoms with Crippen LogP contribution in [-0.4, -0.2) is 22.8 Å². The third kappa shape index (κ3) is 3.14. The van der Waals surface area contributed by atoms with E-state index in [2.05, 4.69) is 10.1 Å². The van der Waals surface area contributed by atoms with E-state index in [0.29, 0.717) is 18.1 Å². The number of ether oxygens (including phenoxy) is 1. The van der Waals surface area contributed by atoms with Crippen LogP contribution < -0.4 is 5.73 Å². The van der Waals surface area contributed by atoms with Gasteiger partial charge in [0.15, 0.2) is 0 Å². The lowest BCUT2D eigenvalue weighted by Gasteiger charge is -2.20. The van der Waals surface area contributed by atoms with Crippen LogP contribution in [-0.2, 0) is 11.2 Å². The molecule has 0 bridgehead atoms. The molecule has 1 saturated carbocycles. The fourth-order valence-corrected chi connectivity index (χ4v) is 3.02. The molecule has 1 atom stereocenters. The maximum Gasteiger partial charge on any atom is 0.228 e. The van der Waals surface area contributed by atoms with Crippen LogP contribution in [0.4, 0.5) is 0 Å². The zero-order valence-electron chi connectivity index (χ0n) is 12.3. The van der Waals surface area contributed by atoms with Gasteiger partial charge in [-0.25, -0.2) is 0 Å². The molecule has 1 fully saturated rings. The van der Waals surface area contributed by atoms with Crippen molar-refractivity contribution in [2.45, 2.75) is 43.7 Å². The van der Waals surface area contributed by atoms with Gasteiger partial charge >= 0.3 is 0 Å². The molecule has 0 saturated heterocycles. The van der Waals surface area contributed by atoms with E-state index in [4.69, 9.17) is 15.0 Å². The minimum Gasteiger partial charge on any atom is -0.369 e. The highest BCUT2D eigenvalue weighted by Crippen LogP contribution is 2.30. The summed E-state index contributed by atoms with van der Waals surface area (Å²) in [4.78, 5) is 4.48. The van der Waals surface area contributed by atoms with Gasteiger partial charge in [-0.15, -0.1) is 0 Å². The molecule has 5 nitrogen and oxygen atoms in total. The summed E-state index contributed by atoms with van der Waals surface area (Å²) < 4.78 is 10.9. The van der Waals surface area contributed by atoms with Gasteiger partial charge in [-0.3, -0.25) is 0 Å². The molecule has 112 valence electrons. The van der Waals surface area contributed by atoms with Crippen LogP contribution >= 0.6 is 0 Å². The van der Waals surface area contributed by atoms with E-state index in [-0.39, 0.29) is 11.6 Å². The largest absolute Gasteiger partial charge is 0.369 e. The van der Waals surface area contributed by atoms with Crippen LogP contribution in [0.15, 0.2) is 34.9 Å². The van der Waals surface area contributed by atoms with Gasteiger partial charge in [-0.1, -0.05) is 48.3 Å². The average molecular weight is 287 g/mol. The van der Waals surface area contributed by atoms with Crippen molar-refractivity contribution in [2.75, 3.05) is 7.11 Å². The Labute approximate surface area is 124 Å². The Kier molecular flexibility index (Phi) is 4.03. The molecule has 1 aliphatic carbocycles. The Morgan fingerprint density at radius 2 is 2.00 bits per heavy atom. The van der Waals surface area contributed by atoms with Crippen LogP contribution in [0.5, 0.6) is 0 Å². The molecule has 0 aliphatic heterocycles. The molecule has 1 aromatic heterocycles. The van der Waals surface area contributed by atoms with Gasteiger partial charge in [0.2, 0.25) is 11.7 Å². The molecular weight excluding hydrogens is 266 g/mol. The Morgan fingerprint density at radius 3 is 2.67 bits per heavy atom. The molecule has 1 unspecified atom stereocenters. The first-order valence-electron chi connectivity index (χ1n) is 7.39. The first-order chi connectivity index (χ1) is 10.2. The lowest BCUT2D eigenvalue weighted by molar-refractivity contribution is 0.126. The quantitative estimate of drug-likeness (QED) is 0.915. The Bertz CT molecular complexity index is 576. The number of methoxy groups -OCH3 is 1. The van der Waals surface area contributed by atoms with Crippen molar-refractivity contribution in [3.05, 3.63) is 47.6 Å². The molecule has 21 heavy (non-hydrogen) atoms. The summed E-state index contributed by atoms with van der Waals surface area (Å²) in [5.41, 5.74) is 7.19. The Hall–Kier alpha value is -1.72. The molecule has 1 heterocycles. The van der Waals surface area contributed by atoms with Crippen LogP contribution in [0, 0.1) is 0 Å². The van der Waals surface area contributed by atoms with Gasteiger partial charge in [0, 0.05) is 19.1 Å². The van der Waals surface area contributed by atoms with Crippen LogP contribution in [0.2, 0.25) is 0 Å². The van der Waals surface area contributed by atoms with Gasteiger partial charge in [0.25, 0.3) is 0 Å². The molecule has 0 amide bonds. The summed E-state index contributed by atoms with van der Waals surface area (Å²) in [5, 5.41) is 4.07. The Balaban J connectivity index is 1.77. The second-order valence-corrected chi connectivity index (χ2v) is 5.82. The zero-order chi connectivity index (χ0) is 14.7. The average Bonchev–Trinajstić information content (AvgIpc) is 3.11. The predicted octanol–water partition coefficient (Wildman–Crippen LogP) is 2.62. The van der Waals surface area contributed by atoms with Crippen molar-refractivity contribution in [3.8, 4) is 0 Å². The third-order valence-corrected chi connectivity index (χ3v) is 4.16. The van der Waals surface area contributed by atoms with E-state index in [0.717, 1.165) is 18.4 Å². The van der Waals surface area contributed by atoms with Crippen molar-refractivity contribution in [3.63, 3.8) is 0 Å². The van der Waals surface area contributed by atoms with E-state index in [1.54, 1.807) is 7.11 Å². The lowest BCUT2D eigenvalue weighted by atomic mass is 9.95. The summed E-state index contributed by atoms with van der Waals surface area (Å²) in [6.07, 6.45) is 4.75. The number of benzene rings is 1. The van der Waals surface area contributed by atoms with E-state index in [1.165, 1.54) is 12.8 Å². The second kappa shape index (κ2) is 5.95. The third-order valence-electron chi connectivity index (χ3n) is 4.16. The molecule has 0 spiro atoms. The van der Waals surface area contributed by atoms with Gasteiger partial charge in [0.1, 0.15) is 6.10 Å². The van der Waals surface area contributed by atoms with Crippen molar-refractivity contribution >= 4 is 0 Å². The topological polar surface area (TPSA) is 74.2 Å². The number of nitrogens with two attached hydrogens (primary N) is 1. The molecule has 2 aromatic rings. The van der Waals surface area contributed by atoms with Gasteiger partial charge in [-0.2, -0.15) is 4.98 Å². The molecule has 1 aromatic carbocycles. The minimum absolute atomic E-state index is 0.181. The number of hydrogen-bond acceptors (Lipinski definition) is 5. The van der Waals surface area contributed by atoms with E-state index in [1.807, 2.05) is 30.3 Å². The number of aromatic nitrogens is 2. The van der Waals surface area contributed by atoms with Gasteiger partial charge in [0.05, 0.1) is 0 Å². The molecular formula is C16H21N3O2. The summed E-state index contributed by atoms with van der Waals surface area (Å²) >= 11 is 0. The molecule has 5 heteroatoms. The van der Waals surface area contributed by atoms with E-state index in [9.17, 15) is 0 Å². The van der Waals surface area contributed by atoms with Crippen LogP contribution in [0.3, 0.4) is 0 Å². The summed E-state index contributed by atoms with van der Waals surface area (Å²) in [6.45, 7) is 0.